The van der Waals surface area contributed by atoms with Crippen LogP contribution in [0.15, 0.2) is 71.9 Å². The van der Waals surface area contributed by atoms with Crippen molar-refractivity contribution in [3.63, 3.8) is 0 Å². The Bertz CT molecular complexity index is 1250. The molecule has 0 radical (unpaired) electrons. The fourth-order valence-electron chi connectivity index (χ4n) is 4.17. The molecule has 1 heterocycles. The molecule has 1 amide bonds. The smallest absolute Gasteiger partial charge is 0.379 e. The highest BCUT2D eigenvalue weighted by molar-refractivity contribution is 6.06. The van der Waals surface area contributed by atoms with E-state index in [4.69, 9.17) is 9.57 Å². The minimum atomic E-state index is -2.09. The van der Waals surface area contributed by atoms with E-state index < -0.39 is 17.6 Å². The Labute approximate surface area is 197 Å². The summed E-state index contributed by atoms with van der Waals surface area (Å²) in [5.74, 6) is -1.05. The third-order valence-corrected chi connectivity index (χ3v) is 5.71. The average molecular weight is 460 g/mol. The number of rotatable bonds is 6. The number of carbonyl (C=O) groups excluding carboxylic acids is 1. The fraction of sp³-hybridized carbons (Fsp3) is 0.192. The number of hydrogen-bond donors (Lipinski definition) is 2. The number of nitrogens with zero attached hydrogens (tertiary/aromatic N) is 2. The Hall–Kier alpha value is -4.33. The largest absolute Gasteiger partial charge is 0.497 e. The Morgan fingerprint density at radius 1 is 1.00 bits per heavy atom. The van der Waals surface area contributed by atoms with Crippen LogP contribution in [0.3, 0.4) is 0 Å². The number of carboxylic acids is 1. The van der Waals surface area contributed by atoms with Crippen LogP contribution < -0.4 is 10.2 Å². The molecule has 0 spiro atoms. The summed E-state index contributed by atoms with van der Waals surface area (Å²) in [6.45, 7) is 5.79. The highest BCUT2D eigenvalue weighted by Gasteiger charge is 2.56. The van der Waals surface area contributed by atoms with Crippen molar-refractivity contribution in [1.29, 1.82) is 0 Å². The van der Waals surface area contributed by atoms with Gasteiger partial charge in [-0.15, -0.1) is 0 Å². The van der Waals surface area contributed by atoms with Gasteiger partial charge in [-0.2, -0.15) is 0 Å². The van der Waals surface area contributed by atoms with E-state index in [1.54, 1.807) is 54.6 Å². The molecule has 3 aromatic rings. The Kier molecular flexibility index (Phi) is 5.98. The number of aliphatic carboxylic acids is 1. The van der Waals surface area contributed by atoms with E-state index in [9.17, 15) is 14.7 Å². The van der Waals surface area contributed by atoms with Crippen LogP contribution in [0.4, 0.5) is 0 Å². The van der Waals surface area contributed by atoms with Crippen molar-refractivity contribution in [3.8, 4) is 5.75 Å². The number of hydrazine groups is 1. The summed E-state index contributed by atoms with van der Waals surface area (Å²) in [5, 5.41) is 15.8. The van der Waals surface area contributed by atoms with Crippen molar-refractivity contribution in [3.05, 3.63) is 100 Å². The topological polar surface area (TPSA) is 100 Å². The minimum Gasteiger partial charge on any atom is -0.497 e. The van der Waals surface area contributed by atoms with Crippen molar-refractivity contribution in [2.45, 2.75) is 26.5 Å². The molecule has 0 fully saturated rings. The molecule has 34 heavy (non-hydrogen) atoms. The average Bonchev–Trinajstić information content (AvgIpc) is 3.18. The number of nitrogens with one attached hydrogen (secondary N) is 1. The highest BCUT2D eigenvalue weighted by atomic mass is 16.7. The molecule has 2 N–H and O–H groups in total. The van der Waals surface area contributed by atoms with Crippen LogP contribution in [0.25, 0.3) is 0 Å². The summed E-state index contributed by atoms with van der Waals surface area (Å²) in [6.07, 6.45) is 0. The number of amides is 1. The minimum absolute atomic E-state index is 0.197. The van der Waals surface area contributed by atoms with Crippen molar-refractivity contribution in [2.24, 2.45) is 5.16 Å². The number of benzene rings is 3. The van der Waals surface area contributed by atoms with Crippen molar-refractivity contribution in [2.75, 3.05) is 7.11 Å². The number of oxime groups is 1. The van der Waals surface area contributed by atoms with E-state index >= 15 is 0 Å². The summed E-state index contributed by atoms with van der Waals surface area (Å²) >= 11 is 0. The summed E-state index contributed by atoms with van der Waals surface area (Å²) in [4.78, 5) is 31.6. The van der Waals surface area contributed by atoms with Gasteiger partial charge in [-0.05, 0) is 56.2 Å². The summed E-state index contributed by atoms with van der Waals surface area (Å²) in [5.41, 5.74) is 4.75. The SMILES string of the molecule is COc1ccc(C(=O)NN2C(c3c(C)cc(C)cc3C)=NOC2(C(=O)O)c2ccccc2)cc1. The quantitative estimate of drug-likeness (QED) is 0.580. The second kappa shape index (κ2) is 8.90. The first-order chi connectivity index (χ1) is 16.3. The number of aryl methyl sites for hydroxylation is 3. The molecule has 0 bridgehead atoms. The highest BCUT2D eigenvalue weighted by Crippen LogP contribution is 2.37. The lowest BCUT2D eigenvalue weighted by molar-refractivity contribution is -0.186. The van der Waals surface area contributed by atoms with Crippen LogP contribution in [0.1, 0.15) is 38.2 Å². The molecule has 0 aliphatic carbocycles. The van der Waals surface area contributed by atoms with E-state index in [1.807, 2.05) is 32.9 Å². The molecule has 1 aliphatic heterocycles. The molecule has 0 saturated carbocycles. The van der Waals surface area contributed by atoms with Gasteiger partial charge in [0, 0.05) is 16.7 Å². The summed E-state index contributed by atoms with van der Waals surface area (Å²) < 4.78 is 5.16. The normalized spacial score (nSPS) is 17.1. The first-order valence-electron chi connectivity index (χ1n) is 10.7. The molecule has 174 valence electrons. The van der Waals surface area contributed by atoms with Gasteiger partial charge in [0.15, 0.2) is 5.84 Å². The van der Waals surface area contributed by atoms with E-state index in [2.05, 4.69) is 10.6 Å². The summed E-state index contributed by atoms with van der Waals surface area (Å²) in [6, 6.07) is 18.8. The van der Waals surface area contributed by atoms with Crippen LogP contribution in [0.2, 0.25) is 0 Å². The van der Waals surface area contributed by atoms with E-state index in [0.29, 0.717) is 22.4 Å². The van der Waals surface area contributed by atoms with E-state index in [1.165, 1.54) is 12.1 Å². The van der Waals surface area contributed by atoms with Gasteiger partial charge in [0.05, 0.1) is 7.11 Å². The van der Waals surface area contributed by atoms with Gasteiger partial charge in [-0.25, -0.2) is 9.80 Å². The number of amidine groups is 1. The molecular formula is C26H25N3O5. The van der Waals surface area contributed by atoms with Gasteiger partial charge in [-0.1, -0.05) is 53.2 Å². The first-order valence-corrected chi connectivity index (χ1v) is 10.7. The maximum atomic E-state index is 13.2. The molecule has 4 rings (SSSR count). The molecule has 3 aromatic carbocycles. The molecule has 8 nitrogen and oxygen atoms in total. The fourth-order valence-corrected chi connectivity index (χ4v) is 4.17. The maximum Gasteiger partial charge on any atom is 0.379 e. The number of carbonyl (C=O) groups is 2. The monoisotopic (exact) mass is 459 g/mol. The number of hydrogen-bond acceptors (Lipinski definition) is 6. The third kappa shape index (κ3) is 3.83. The van der Waals surface area contributed by atoms with Gasteiger partial charge in [-0.3, -0.25) is 10.2 Å². The molecule has 8 heteroatoms. The Morgan fingerprint density at radius 3 is 2.18 bits per heavy atom. The number of carboxylic acid groups (broad SMARTS) is 1. The van der Waals surface area contributed by atoms with E-state index in [-0.39, 0.29) is 5.84 Å². The third-order valence-electron chi connectivity index (χ3n) is 5.71. The van der Waals surface area contributed by atoms with Crippen LogP contribution in [-0.4, -0.2) is 34.9 Å². The van der Waals surface area contributed by atoms with E-state index in [0.717, 1.165) is 16.7 Å². The van der Waals surface area contributed by atoms with Gasteiger partial charge < -0.3 is 14.7 Å². The van der Waals surface area contributed by atoms with Crippen LogP contribution >= 0.6 is 0 Å². The zero-order valence-electron chi connectivity index (χ0n) is 19.3. The van der Waals surface area contributed by atoms with Crippen LogP contribution in [-0.2, 0) is 15.4 Å². The first kappa shape index (κ1) is 22.8. The lowest BCUT2D eigenvalue weighted by Gasteiger charge is -2.34. The van der Waals surface area contributed by atoms with Gasteiger partial charge in [0.1, 0.15) is 5.75 Å². The van der Waals surface area contributed by atoms with Crippen molar-refractivity contribution >= 4 is 17.7 Å². The predicted molar refractivity (Wildman–Crippen MR) is 126 cm³/mol. The van der Waals surface area contributed by atoms with Crippen LogP contribution in [0, 0.1) is 20.8 Å². The van der Waals surface area contributed by atoms with Crippen LogP contribution in [0.5, 0.6) is 5.75 Å². The Morgan fingerprint density at radius 2 is 1.62 bits per heavy atom. The second-order valence-electron chi connectivity index (χ2n) is 8.10. The molecule has 1 atom stereocenters. The maximum absolute atomic E-state index is 13.2. The van der Waals surface area contributed by atoms with Crippen molar-refractivity contribution < 1.29 is 24.3 Å². The molecule has 1 unspecified atom stereocenters. The van der Waals surface area contributed by atoms with Crippen molar-refractivity contribution in [1.82, 2.24) is 10.4 Å². The lowest BCUT2D eigenvalue weighted by atomic mass is 9.96. The standard InChI is InChI=1S/C26H25N3O5/c1-16-14-17(2)22(18(3)15-16)23-28-34-26(25(31)32,20-8-6-5-7-9-20)29(23)27-24(30)19-10-12-21(33-4)13-11-19/h5-15H,1-4H3,(H,27,30)(H,31,32). The molecular weight excluding hydrogens is 434 g/mol. The summed E-state index contributed by atoms with van der Waals surface area (Å²) in [7, 11) is 1.53. The Balaban J connectivity index is 1.84. The zero-order chi connectivity index (χ0) is 24.5. The zero-order valence-corrected chi connectivity index (χ0v) is 19.3. The lowest BCUT2D eigenvalue weighted by Crippen LogP contribution is -2.59. The van der Waals surface area contributed by atoms with Gasteiger partial charge in [0.25, 0.3) is 5.91 Å². The molecule has 0 aromatic heterocycles. The second-order valence-corrected chi connectivity index (χ2v) is 8.10. The predicted octanol–water partition coefficient (Wildman–Crippen LogP) is 3.90. The number of ether oxygens (including phenoxy) is 1. The molecule has 0 saturated heterocycles. The van der Waals surface area contributed by atoms with Gasteiger partial charge >= 0.3 is 11.7 Å². The number of methoxy groups -OCH3 is 1. The molecule has 1 aliphatic rings. The van der Waals surface area contributed by atoms with Gasteiger partial charge in [0.2, 0.25) is 0 Å².